The highest BCUT2D eigenvalue weighted by Crippen LogP contribution is 1.98. The fraction of sp³-hybridized carbons (Fsp3) is 0.333. The maximum absolute atomic E-state index is 8.74. The molecule has 9 heavy (non-hydrogen) atoms. The molecule has 0 aliphatic carbocycles. The molecule has 0 aliphatic heterocycles. The van der Waals surface area contributed by atoms with Gasteiger partial charge in [0, 0.05) is 0 Å². The predicted octanol–water partition coefficient (Wildman–Crippen LogP) is 0.541. The molecule has 0 amide bonds. The van der Waals surface area contributed by atoms with Crippen LogP contribution in [0.25, 0.3) is 0 Å². The minimum Gasteiger partial charge on any atom is -0.412 e. The molecule has 60 valence electrons. The summed E-state index contributed by atoms with van der Waals surface area (Å²) in [5.41, 5.74) is 1.22. The molecule has 4 N–H and O–H groups in total. The van der Waals surface area contributed by atoms with Crippen LogP contribution in [0.1, 0.15) is 7.43 Å². The van der Waals surface area contributed by atoms with Crippen molar-refractivity contribution in [3.8, 4) is 0 Å². The third-order valence-electron chi connectivity index (χ3n) is 0. The van der Waals surface area contributed by atoms with E-state index in [1.165, 1.54) is 5.54 Å². The lowest BCUT2D eigenvalue weighted by molar-refractivity contribution is 0.405. The first-order valence-electron chi connectivity index (χ1n) is 1.28. The summed E-state index contributed by atoms with van der Waals surface area (Å²) in [6, 6.07) is 0. The molecule has 0 unspecified atom stereocenters. The van der Waals surface area contributed by atoms with Crippen molar-refractivity contribution < 1.29 is 19.8 Å². The van der Waals surface area contributed by atoms with Crippen molar-refractivity contribution in [2.45, 2.75) is 7.43 Å². The SMILES string of the molecule is C.C=CCl.O.O=[PH](O)O. The first kappa shape index (κ1) is 22.9. The number of hydrogen-bond acceptors (Lipinski definition) is 1. The van der Waals surface area contributed by atoms with Crippen LogP contribution in [-0.4, -0.2) is 15.3 Å². The van der Waals surface area contributed by atoms with Crippen LogP contribution in [0.3, 0.4) is 0 Å². The van der Waals surface area contributed by atoms with E-state index in [2.05, 4.69) is 6.58 Å². The Balaban J connectivity index is -0.0000000233. The molecular weight excluding hydrogens is 166 g/mol. The standard InChI is InChI=1S/C2H3Cl.CH4.H3O3P.H2O/c1-2-3;;1-4(2)3;/h2H,1H2;1H4;4H,(H2,1,2,3);1H2. The molecule has 0 radical (unpaired) electrons. The van der Waals surface area contributed by atoms with Gasteiger partial charge in [-0.2, -0.15) is 0 Å². The topological polar surface area (TPSA) is 89.0 Å². The number of halogens is 1. The van der Waals surface area contributed by atoms with Crippen LogP contribution in [0, 0.1) is 0 Å². The third-order valence-corrected chi connectivity index (χ3v) is 0. The van der Waals surface area contributed by atoms with E-state index >= 15 is 0 Å². The van der Waals surface area contributed by atoms with Crippen LogP contribution in [-0.2, 0) is 4.57 Å². The summed E-state index contributed by atoms with van der Waals surface area (Å²) in [5.74, 6) is 0. The molecule has 0 rings (SSSR count). The highest BCUT2D eigenvalue weighted by molar-refractivity contribution is 7.30. The molecule has 0 heterocycles. The Morgan fingerprint density at radius 1 is 1.56 bits per heavy atom. The minimum atomic E-state index is -3.13. The van der Waals surface area contributed by atoms with Gasteiger partial charge in [0.15, 0.2) is 0 Å². The summed E-state index contributed by atoms with van der Waals surface area (Å²) in [7, 11) is -3.13. The van der Waals surface area contributed by atoms with Gasteiger partial charge in [0.25, 0.3) is 0 Å². The Hall–Kier alpha value is 0.140. The molecule has 0 atom stereocenters. The average Bonchev–Trinajstić information content (AvgIpc) is 1.33. The molecular formula is C3H12ClO4P. The molecule has 0 saturated carbocycles. The van der Waals surface area contributed by atoms with Gasteiger partial charge in [-0.3, -0.25) is 4.57 Å². The van der Waals surface area contributed by atoms with E-state index in [1.54, 1.807) is 0 Å². The molecule has 0 aromatic rings. The minimum absolute atomic E-state index is 0. The summed E-state index contributed by atoms with van der Waals surface area (Å²) in [5, 5.41) is 0. The van der Waals surface area contributed by atoms with Gasteiger partial charge in [0.05, 0.1) is 0 Å². The lowest BCUT2D eigenvalue weighted by atomic mass is 11.3. The summed E-state index contributed by atoms with van der Waals surface area (Å²) in [6.45, 7) is 3.13. The van der Waals surface area contributed by atoms with Crippen LogP contribution in [0.5, 0.6) is 0 Å². The first-order valence-corrected chi connectivity index (χ1v) is 3.02. The van der Waals surface area contributed by atoms with Crippen molar-refractivity contribution in [1.29, 1.82) is 0 Å². The maximum Gasteiger partial charge on any atom is 0.314 e. The Bertz CT molecular complexity index is 62.8. The highest BCUT2D eigenvalue weighted by atomic mass is 35.5. The largest absolute Gasteiger partial charge is 0.412 e. The van der Waals surface area contributed by atoms with Gasteiger partial charge in [-0.15, -0.1) is 0 Å². The van der Waals surface area contributed by atoms with Crippen LogP contribution >= 0.6 is 19.9 Å². The Labute approximate surface area is 60.0 Å². The van der Waals surface area contributed by atoms with Crippen molar-refractivity contribution >= 4 is 19.9 Å². The normalized spacial score (nSPS) is 5.33. The average molecular weight is 179 g/mol. The lowest BCUT2D eigenvalue weighted by Gasteiger charge is -1.61. The monoisotopic (exact) mass is 178 g/mol. The van der Waals surface area contributed by atoms with E-state index in [-0.39, 0.29) is 12.9 Å². The van der Waals surface area contributed by atoms with Gasteiger partial charge in [-0.05, 0) is 5.54 Å². The Kier molecular flexibility index (Phi) is 61.7. The van der Waals surface area contributed by atoms with Gasteiger partial charge < -0.3 is 15.3 Å². The summed E-state index contributed by atoms with van der Waals surface area (Å²) in [4.78, 5) is 14.3. The zero-order valence-corrected chi connectivity index (χ0v) is 5.72. The highest BCUT2D eigenvalue weighted by Gasteiger charge is 1.61. The Morgan fingerprint density at radius 2 is 1.56 bits per heavy atom. The van der Waals surface area contributed by atoms with E-state index in [4.69, 9.17) is 26.0 Å². The molecule has 4 nitrogen and oxygen atoms in total. The Morgan fingerprint density at radius 3 is 1.56 bits per heavy atom. The molecule has 0 aromatic carbocycles. The van der Waals surface area contributed by atoms with Crippen LogP contribution in [0.4, 0.5) is 0 Å². The summed E-state index contributed by atoms with van der Waals surface area (Å²) >= 11 is 4.76. The van der Waals surface area contributed by atoms with Crippen molar-refractivity contribution in [3.63, 3.8) is 0 Å². The second-order valence-corrected chi connectivity index (χ2v) is 1.31. The summed E-state index contributed by atoms with van der Waals surface area (Å²) < 4.78 is 8.74. The molecule has 0 bridgehead atoms. The van der Waals surface area contributed by atoms with E-state index in [0.717, 1.165) is 0 Å². The predicted molar refractivity (Wildman–Crippen MR) is 39.8 cm³/mol. The van der Waals surface area contributed by atoms with Gasteiger partial charge in [0.2, 0.25) is 0 Å². The van der Waals surface area contributed by atoms with Gasteiger partial charge >= 0.3 is 8.25 Å². The molecule has 0 spiro atoms. The quantitative estimate of drug-likeness (QED) is 0.531. The van der Waals surface area contributed by atoms with Crippen LogP contribution < -0.4 is 0 Å². The lowest BCUT2D eigenvalue weighted by Crippen LogP contribution is -1.38. The maximum atomic E-state index is 8.74. The molecule has 0 saturated heterocycles. The van der Waals surface area contributed by atoms with Crippen molar-refractivity contribution in [1.82, 2.24) is 0 Å². The molecule has 0 fully saturated rings. The number of rotatable bonds is 0. The van der Waals surface area contributed by atoms with Crippen molar-refractivity contribution in [2.75, 3.05) is 0 Å². The second kappa shape index (κ2) is 24.2. The first-order chi connectivity index (χ1) is 3.15. The zero-order valence-electron chi connectivity index (χ0n) is 3.97. The van der Waals surface area contributed by atoms with E-state index in [1.807, 2.05) is 0 Å². The molecule has 6 heteroatoms. The number of hydrogen-bond donors (Lipinski definition) is 2. The van der Waals surface area contributed by atoms with E-state index < -0.39 is 8.25 Å². The summed E-state index contributed by atoms with van der Waals surface area (Å²) in [6.07, 6.45) is 0. The van der Waals surface area contributed by atoms with Crippen LogP contribution in [0.2, 0.25) is 0 Å². The molecule has 0 aliphatic rings. The van der Waals surface area contributed by atoms with E-state index in [0.29, 0.717) is 0 Å². The second-order valence-electron chi connectivity index (χ2n) is 0.437. The fourth-order valence-electron chi connectivity index (χ4n) is 0. The molecule has 0 aromatic heterocycles. The van der Waals surface area contributed by atoms with Crippen LogP contribution in [0.15, 0.2) is 12.1 Å². The van der Waals surface area contributed by atoms with Gasteiger partial charge in [-0.1, -0.05) is 25.6 Å². The fourth-order valence-corrected chi connectivity index (χ4v) is 0. The van der Waals surface area contributed by atoms with E-state index in [9.17, 15) is 0 Å². The van der Waals surface area contributed by atoms with Gasteiger partial charge in [-0.25, -0.2) is 0 Å². The van der Waals surface area contributed by atoms with Crippen molar-refractivity contribution in [2.24, 2.45) is 0 Å². The van der Waals surface area contributed by atoms with Crippen molar-refractivity contribution in [3.05, 3.63) is 12.1 Å². The zero-order chi connectivity index (χ0) is 6.28. The third kappa shape index (κ3) is 15700. The smallest absolute Gasteiger partial charge is 0.314 e. The van der Waals surface area contributed by atoms with Gasteiger partial charge in [0.1, 0.15) is 0 Å².